The van der Waals surface area contributed by atoms with Crippen molar-refractivity contribution in [1.82, 2.24) is 0 Å². The number of aryl methyl sites for hydroxylation is 1. The first-order chi connectivity index (χ1) is 7.96. The van der Waals surface area contributed by atoms with Gasteiger partial charge < -0.3 is 4.74 Å². The number of nitrogens with one attached hydrogen (secondary N) is 1. The molecule has 0 radical (unpaired) electrons. The van der Waals surface area contributed by atoms with Crippen molar-refractivity contribution >= 4 is 26.5 Å². The van der Waals surface area contributed by atoms with Crippen LogP contribution in [-0.4, -0.2) is 26.5 Å². The molecule has 1 N–H and O–H groups in total. The Morgan fingerprint density at radius 1 is 1.41 bits per heavy atom. The molecule has 6 nitrogen and oxygen atoms in total. The van der Waals surface area contributed by atoms with Gasteiger partial charge in [-0.2, -0.15) is 5.10 Å². The molecule has 0 aliphatic carbocycles. The Labute approximate surface area is 98.2 Å². The van der Waals surface area contributed by atoms with E-state index < -0.39 is 20.9 Å². The number of anilines is 1. The predicted molar refractivity (Wildman–Crippen MR) is 61.4 cm³/mol. The quantitative estimate of drug-likeness (QED) is 0.745. The van der Waals surface area contributed by atoms with E-state index in [2.05, 4.69) is 15.3 Å². The van der Waals surface area contributed by atoms with E-state index in [1.54, 1.807) is 19.1 Å². The number of carbonyl (C=O) groups excluding carboxylic acids is 1. The lowest BCUT2D eigenvalue weighted by Gasteiger charge is -2.16. The number of hydrazone groups is 1. The number of benzene rings is 1. The van der Waals surface area contributed by atoms with Crippen molar-refractivity contribution in [3.05, 3.63) is 23.8 Å². The molecule has 0 bridgehead atoms. The number of sulfone groups is 1. The summed E-state index contributed by atoms with van der Waals surface area (Å²) in [6.07, 6.45) is 0. The van der Waals surface area contributed by atoms with E-state index >= 15 is 0 Å². The van der Waals surface area contributed by atoms with Crippen molar-refractivity contribution in [1.29, 1.82) is 0 Å². The first-order valence-electron chi connectivity index (χ1n) is 4.74. The van der Waals surface area contributed by atoms with Gasteiger partial charge in [-0.1, -0.05) is 6.07 Å². The zero-order valence-electron chi connectivity index (χ0n) is 9.22. The van der Waals surface area contributed by atoms with Gasteiger partial charge in [-0.05, 0) is 24.6 Å². The zero-order chi connectivity index (χ0) is 12.6. The van der Waals surface area contributed by atoms with Gasteiger partial charge in [0, 0.05) is 0 Å². The summed E-state index contributed by atoms with van der Waals surface area (Å²) in [5, 5.41) is 2.90. The Bertz CT molecular complexity index is 619. The normalized spacial score (nSPS) is 16.5. The number of rotatable bonds is 1. The van der Waals surface area contributed by atoms with Crippen molar-refractivity contribution < 1.29 is 17.9 Å². The molecule has 0 saturated carbocycles. The Morgan fingerprint density at radius 3 is 2.76 bits per heavy atom. The van der Waals surface area contributed by atoms with Gasteiger partial charge in [0.1, 0.15) is 0 Å². The van der Waals surface area contributed by atoms with Crippen LogP contribution >= 0.6 is 0 Å². The minimum Gasteiger partial charge on any atom is -0.464 e. The highest BCUT2D eigenvalue weighted by atomic mass is 32.2. The van der Waals surface area contributed by atoms with Gasteiger partial charge >= 0.3 is 5.97 Å². The van der Waals surface area contributed by atoms with Crippen LogP contribution in [0.4, 0.5) is 5.69 Å². The lowest BCUT2D eigenvalue weighted by atomic mass is 10.2. The summed E-state index contributed by atoms with van der Waals surface area (Å²) in [6.45, 7) is 1.76. The Balaban J connectivity index is 2.62. The van der Waals surface area contributed by atoms with Gasteiger partial charge in [0.15, 0.2) is 0 Å². The zero-order valence-corrected chi connectivity index (χ0v) is 10.0. The van der Waals surface area contributed by atoms with E-state index in [4.69, 9.17) is 0 Å². The molecule has 0 fully saturated rings. The molecule has 7 heteroatoms. The molecule has 0 aromatic heterocycles. The first kappa shape index (κ1) is 11.6. The van der Waals surface area contributed by atoms with Gasteiger partial charge in [-0.3, -0.25) is 5.43 Å². The fraction of sp³-hybridized carbons (Fsp3) is 0.200. The summed E-state index contributed by atoms with van der Waals surface area (Å²) in [7, 11) is -2.80. The Morgan fingerprint density at radius 2 is 2.12 bits per heavy atom. The third-order valence-corrected chi connectivity index (χ3v) is 4.00. The maximum absolute atomic E-state index is 12.1. The maximum Gasteiger partial charge on any atom is 0.370 e. The van der Waals surface area contributed by atoms with Crippen molar-refractivity contribution in [2.24, 2.45) is 5.10 Å². The van der Waals surface area contributed by atoms with Gasteiger partial charge in [-0.25, -0.2) is 13.2 Å². The van der Waals surface area contributed by atoms with E-state index in [9.17, 15) is 13.2 Å². The molecule has 0 atom stereocenters. The average molecular weight is 254 g/mol. The SMILES string of the molecule is COC(=O)C1=NNc2ccc(C)cc2S1(=O)=O. The average Bonchev–Trinajstić information content (AvgIpc) is 2.29. The van der Waals surface area contributed by atoms with Crippen LogP contribution < -0.4 is 5.43 Å². The fourth-order valence-electron chi connectivity index (χ4n) is 1.46. The standard InChI is InChI=1S/C10H10N2O4S/c1-6-3-4-7-8(5-6)17(14,15)9(12-11-7)10(13)16-2/h3-5,11H,1-2H3. The van der Waals surface area contributed by atoms with Gasteiger partial charge in [0.25, 0.3) is 5.04 Å². The molecular formula is C10H10N2O4S. The van der Waals surface area contributed by atoms with E-state index in [0.717, 1.165) is 12.7 Å². The Hall–Kier alpha value is -1.89. The van der Waals surface area contributed by atoms with E-state index in [1.165, 1.54) is 6.07 Å². The van der Waals surface area contributed by atoms with Gasteiger partial charge in [0.05, 0.1) is 17.7 Å². The van der Waals surface area contributed by atoms with Gasteiger partial charge in [0.2, 0.25) is 9.84 Å². The molecular weight excluding hydrogens is 244 g/mol. The molecule has 0 saturated heterocycles. The van der Waals surface area contributed by atoms with E-state index in [1.807, 2.05) is 0 Å². The number of hydrogen-bond donors (Lipinski definition) is 1. The molecule has 1 aromatic carbocycles. The largest absolute Gasteiger partial charge is 0.464 e. The highest BCUT2D eigenvalue weighted by molar-refractivity contribution is 8.08. The molecule has 1 heterocycles. The van der Waals surface area contributed by atoms with E-state index in [0.29, 0.717) is 5.69 Å². The number of fused-ring (bicyclic) bond motifs is 1. The number of methoxy groups -OCH3 is 1. The van der Waals surface area contributed by atoms with Crippen LogP contribution in [0, 0.1) is 6.92 Å². The summed E-state index contributed by atoms with van der Waals surface area (Å²) < 4.78 is 28.6. The summed E-state index contributed by atoms with van der Waals surface area (Å²) in [5.74, 6) is -0.982. The molecule has 90 valence electrons. The first-order valence-corrected chi connectivity index (χ1v) is 6.23. The number of carbonyl (C=O) groups is 1. The van der Waals surface area contributed by atoms with Crippen LogP contribution in [0.3, 0.4) is 0 Å². The lowest BCUT2D eigenvalue weighted by Crippen LogP contribution is -2.30. The number of nitrogens with zero attached hydrogens (tertiary/aromatic N) is 1. The molecule has 17 heavy (non-hydrogen) atoms. The fourth-order valence-corrected chi connectivity index (χ4v) is 2.88. The molecule has 0 unspecified atom stereocenters. The second kappa shape index (κ2) is 3.85. The van der Waals surface area contributed by atoms with Crippen LogP contribution in [-0.2, 0) is 19.4 Å². The minimum absolute atomic E-state index is 0.0351. The summed E-state index contributed by atoms with van der Waals surface area (Å²) in [5.41, 5.74) is 3.65. The molecule has 0 spiro atoms. The predicted octanol–water partition coefficient (Wildman–Crippen LogP) is 0.681. The minimum atomic E-state index is -3.90. The maximum atomic E-state index is 12.1. The van der Waals surface area contributed by atoms with Gasteiger partial charge in [-0.15, -0.1) is 0 Å². The van der Waals surface area contributed by atoms with Crippen LogP contribution in [0.2, 0.25) is 0 Å². The summed E-state index contributed by atoms with van der Waals surface area (Å²) in [4.78, 5) is 11.3. The van der Waals surface area contributed by atoms with Crippen molar-refractivity contribution in [2.45, 2.75) is 11.8 Å². The lowest BCUT2D eigenvalue weighted by molar-refractivity contribution is -0.132. The third-order valence-electron chi connectivity index (χ3n) is 2.32. The topological polar surface area (TPSA) is 84.8 Å². The van der Waals surface area contributed by atoms with E-state index in [-0.39, 0.29) is 4.90 Å². The monoisotopic (exact) mass is 254 g/mol. The summed E-state index contributed by atoms with van der Waals surface area (Å²) >= 11 is 0. The second-order valence-electron chi connectivity index (χ2n) is 3.52. The number of ether oxygens (including phenoxy) is 1. The second-order valence-corrected chi connectivity index (χ2v) is 5.36. The molecule has 2 rings (SSSR count). The summed E-state index contributed by atoms with van der Waals surface area (Å²) in [6, 6.07) is 4.83. The Kier molecular flexibility index (Phi) is 2.62. The van der Waals surface area contributed by atoms with Crippen LogP contribution in [0.1, 0.15) is 5.56 Å². The highest BCUT2D eigenvalue weighted by Crippen LogP contribution is 2.28. The molecule has 1 aliphatic heterocycles. The smallest absolute Gasteiger partial charge is 0.370 e. The highest BCUT2D eigenvalue weighted by Gasteiger charge is 2.35. The third kappa shape index (κ3) is 1.78. The van der Waals surface area contributed by atoms with Crippen molar-refractivity contribution in [3.8, 4) is 0 Å². The van der Waals surface area contributed by atoms with Crippen LogP contribution in [0.25, 0.3) is 0 Å². The van der Waals surface area contributed by atoms with Crippen LogP contribution in [0.15, 0.2) is 28.2 Å². The van der Waals surface area contributed by atoms with Crippen molar-refractivity contribution in [2.75, 3.05) is 12.5 Å². The number of hydrogen-bond acceptors (Lipinski definition) is 6. The molecule has 1 aromatic rings. The number of esters is 1. The van der Waals surface area contributed by atoms with Crippen LogP contribution in [0.5, 0.6) is 0 Å². The van der Waals surface area contributed by atoms with Crippen molar-refractivity contribution in [3.63, 3.8) is 0 Å². The molecule has 0 amide bonds. The molecule has 1 aliphatic rings.